The van der Waals surface area contributed by atoms with Crippen molar-refractivity contribution in [1.29, 1.82) is 0 Å². The van der Waals surface area contributed by atoms with Gasteiger partial charge in [0.15, 0.2) is 0 Å². The highest BCUT2D eigenvalue weighted by molar-refractivity contribution is 5.92. The summed E-state index contributed by atoms with van der Waals surface area (Å²) in [5.74, 6) is 0.143. The second kappa shape index (κ2) is 7.88. The van der Waals surface area contributed by atoms with Crippen LogP contribution in [-0.2, 0) is 14.9 Å². The Labute approximate surface area is 180 Å². The highest BCUT2D eigenvalue weighted by Gasteiger charge is 2.47. The van der Waals surface area contributed by atoms with Crippen molar-refractivity contribution in [1.82, 2.24) is 9.80 Å². The number of benzene rings is 1. The third-order valence-electron chi connectivity index (χ3n) is 8.06. The van der Waals surface area contributed by atoms with Crippen LogP contribution in [0.2, 0.25) is 0 Å². The van der Waals surface area contributed by atoms with E-state index in [1.807, 2.05) is 17.9 Å². The summed E-state index contributed by atoms with van der Waals surface area (Å²) in [6.45, 7) is 4.48. The van der Waals surface area contributed by atoms with Crippen molar-refractivity contribution in [3.05, 3.63) is 29.8 Å². The Morgan fingerprint density at radius 3 is 2.53 bits per heavy atom. The number of ether oxygens (including phenoxy) is 1. The van der Waals surface area contributed by atoms with E-state index in [0.29, 0.717) is 31.2 Å². The lowest BCUT2D eigenvalue weighted by Gasteiger charge is -2.48. The normalized spacial score (nSPS) is 30.5. The minimum atomic E-state index is -0.117. The van der Waals surface area contributed by atoms with Crippen molar-refractivity contribution >= 4 is 17.7 Å². The summed E-state index contributed by atoms with van der Waals surface area (Å²) >= 11 is 0. The molecule has 0 radical (unpaired) electrons. The van der Waals surface area contributed by atoms with Crippen LogP contribution in [0, 0.1) is 0 Å². The third-order valence-corrected chi connectivity index (χ3v) is 8.06. The Balaban J connectivity index is 0.00000231. The number of nitrogens with one attached hydrogen (secondary N) is 1. The van der Waals surface area contributed by atoms with Gasteiger partial charge in [-0.3, -0.25) is 4.79 Å². The molecule has 1 N–H and O–H groups in total. The van der Waals surface area contributed by atoms with Crippen LogP contribution in [-0.4, -0.2) is 59.6 Å². The number of hydrogen-bond donors (Lipinski definition) is 1. The van der Waals surface area contributed by atoms with Gasteiger partial charge in [0, 0.05) is 37.1 Å². The summed E-state index contributed by atoms with van der Waals surface area (Å²) in [5.41, 5.74) is 2.44. The summed E-state index contributed by atoms with van der Waals surface area (Å²) in [7, 11) is 0. The number of piperidine rings is 2. The van der Waals surface area contributed by atoms with Gasteiger partial charge in [-0.2, -0.15) is 0 Å². The number of fused-ring (bicyclic) bond motifs is 4. The standard InChI is InChI=1S/C24H33N3O3.H2/c1-2-30-23(29)27-17-7-8-18(27)16-19(15-17)26-13-11-24(12-14-26)10-9-22(28)25-21-6-4-3-5-20(21)24;/h3-6,17-19H,2,7-16H2,1H3,(H,25,28);1H. The van der Waals surface area contributed by atoms with E-state index in [1.165, 1.54) is 5.56 Å². The molecule has 2 atom stereocenters. The van der Waals surface area contributed by atoms with E-state index in [4.69, 9.17) is 4.74 Å². The minimum Gasteiger partial charge on any atom is -0.450 e. The van der Waals surface area contributed by atoms with Crippen molar-refractivity contribution in [2.24, 2.45) is 0 Å². The number of rotatable bonds is 2. The molecular weight excluding hydrogens is 378 g/mol. The first-order valence-electron chi connectivity index (χ1n) is 11.7. The molecule has 5 rings (SSSR count). The summed E-state index contributed by atoms with van der Waals surface area (Å²) in [6, 6.07) is 9.62. The summed E-state index contributed by atoms with van der Waals surface area (Å²) in [6.07, 6.45) is 8.00. The van der Waals surface area contributed by atoms with Crippen LogP contribution in [0.5, 0.6) is 0 Å². The maximum atomic E-state index is 12.4. The smallest absolute Gasteiger partial charge is 0.410 e. The molecule has 3 saturated heterocycles. The van der Waals surface area contributed by atoms with Gasteiger partial charge in [0.05, 0.1) is 6.61 Å². The fourth-order valence-electron chi connectivity index (χ4n) is 6.53. The van der Waals surface area contributed by atoms with E-state index in [1.54, 1.807) is 0 Å². The van der Waals surface area contributed by atoms with Gasteiger partial charge in [0.1, 0.15) is 0 Å². The second-order valence-electron chi connectivity index (χ2n) is 9.53. The lowest BCUT2D eigenvalue weighted by molar-refractivity contribution is -0.116. The number of hydrogen-bond acceptors (Lipinski definition) is 4. The Bertz CT molecular complexity index is 810. The minimum absolute atomic E-state index is 0. The molecule has 2 bridgehead atoms. The lowest BCUT2D eigenvalue weighted by Crippen LogP contribution is -2.55. The fraction of sp³-hybridized carbons (Fsp3) is 0.667. The Kier molecular flexibility index (Phi) is 5.21. The molecule has 164 valence electrons. The quantitative estimate of drug-likeness (QED) is 0.791. The zero-order chi connectivity index (χ0) is 20.7. The number of nitrogens with zero attached hydrogens (tertiary/aromatic N) is 2. The zero-order valence-electron chi connectivity index (χ0n) is 17.9. The predicted octanol–water partition coefficient (Wildman–Crippen LogP) is 4.15. The van der Waals surface area contributed by atoms with Gasteiger partial charge in [-0.1, -0.05) is 18.2 Å². The number of carbonyl (C=O) groups excluding carboxylic acids is 2. The number of likely N-dealkylation sites (tertiary alicyclic amines) is 1. The molecule has 3 fully saturated rings. The molecule has 4 aliphatic heterocycles. The molecule has 0 aromatic heterocycles. The van der Waals surface area contributed by atoms with Gasteiger partial charge in [0.25, 0.3) is 0 Å². The second-order valence-corrected chi connectivity index (χ2v) is 9.53. The third kappa shape index (κ3) is 3.39. The molecule has 0 saturated carbocycles. The molecule has 30 heavy (non-hydrogen) atoms. The number of carbonyl (C=O) groups is 2. The molecule has 2 unspecified atom stereocenters. The Morgan fingerprint density at radius 2 is 1.83 bits per heavy atom. The first-order valence-corrected chi connectivity index (χ1v) is 11.7. The molecule has 4 heterocycles. The summed E-state index contributed by atoms with van der Waals surface area (Å²) in [4.78, 5) is 29.3. The molecular formula is C24H35N3O3. The molecule has 0 aliphatic carbocycles. The van der Waals surface area contributed by atoms with Gasteiger partial charge in [0.2, 0.25) is 5.91 Å². The highest BCUT2D eigenvalue weighted by atomic mass is 16.6. The molecule has 4 aliphatic rings. The Hall–Kier alpha value is -2.08. The highest BCUT2D eigenvalue weighted by Crippen LogP contribution is 2.46. The van der Waals surface area contributed by atoms with E-state index in [2.05, 4.69) is 28.4 Å². The van der Waals surface area contributed by atoms with Crippen LogP contribution >= 0.6 is 0 Å². The average molecular weight is 414 g/mol. The van der Waals surface area contributed by atoms with Gasteiger partial charge in [-0.15, -0.1) is 0 Å². The van der Waals surface area contributed by atoms with Crippen molar-refractivity contribution in [3.8, 4) is 0 Å². The van der Waals surface area contributed by atoms with Crippen molar-refractivity contribution < 1.29 is 15.8 Å². The van der Waals surface area contributed by atoms with Crippen LogP contribution < -0.4 is 5.32 Å². The summed E-state index contributed by atoms with van der Waals surface area (Å²) in [5, 5.41) is 3.11. The van der Waals surface area contributed by atoms with Crippen LogP contribution in [0.4, 0.5) is 10.5 Å². The van der Waals surface area contributed by atoms with Gasteiger partial charge in [-0.05, 0) is 76.6 Å². The maximum absolute atomic E-state index is 12.4. The van der Waals surface area contributed by atoms with Gasteiger partial charge >= 0.3 is 6.09 Å². The monoisotopic (exact) mass is 413 g/mol. The van der Waals surface area contributed by atoms with Gasteiger partial charge < -0.3 is 19.9 Å². The SMILES string of the molecule is CCOC(=O)N1C2CCC1CC(N1CCC3(CCC(=O)Nc4ccccc43)CC1)C2.[HH]. The number of anilines is 1. The average Bonchev–Trinajstić information content (AvgIpc) is 2.94. The first kappa shape index (κ1) is 19.9. The molecule has 2 amide bonds. The van der Waals surface area contributed by atoms with Crippen LogP contribution in [0.1, 0.15) is 65.3 Å². The number of para-hydroxylation sites is 1. The molecule has 1 aromatic rings. The maximum Gasteiger partial charge on any atom is 0.410 e. The Morgan fingerprint density at radius 1 is 1.13 bits per heavy atom. The van der Waals surface area contributed by atoms with E-state index in [0.717, 1.165) is 63.7 Å². The molecule has 6 heteroatoms. The largest absolute Gasteiger partial charge is 0.450 e. The molecule has 6 nitrogen and oxygen atoms in total. The van der Waals surface area contributed by atoms with Crippen molar-refractivity contribution in [2.75, 3.05) is 25.0 Å². The van der Waals surface area contributed by atoms with Crippen molar-refractivity contribution in [3.63, 3.8) is 0 Å². The zero-order valence-corrected chi connectivity index (χ0v) is 17.9. The molecule has 1 spiro atoms. The van der Waals surface area contributed by atoms with E-state index >= 15 is 0 Å². The number of amides is 2. The van der Waals surface area contributed by atoms with E-state index < -0.39 is 0 Å². The van der Waals surface area contributed by atoms with Crippen molar-refractivity contribution in [2.45, 2.75) is 81.8 Å². The van der Waals surface area contributed by atoms with Crippen LogP contribution in [0.25, 0.3) is 0 Å². The predicted molar refractivity (Wildman–Crippen MR) is 118 cm³/mol. The van der Waals surface area contributed by atoms with Gasteiger partial charge in [-0.25, -0.2) is 4.79 Å². The van der Waals surface area contributed by atoms with E-state index in [-0.39, 0.29) is 18.8 Å². The first-order chi connectivity index (χ1) is 14.6. The fourth-order valence-corrected chi connectivity index (χ4v) is 6.53. The molecule has 1 aromatic carbocycles. The van der Waals surface area contributed by atoms with E-state index in [9.17, 15) is 9.59 Å². The topological polar surface area (TPSA) is 61.9 Å². The van der Waals surface area contributed by atoms with Crippen LogP contribution in [0.15, 0.2) is 24.3 Å². The summed E-state index contributed by atoms with van der Waals surface area (Å²) < 4.78 is 5.31. The van der Waals surface area contributed by atoms with Crippen LogP contribution in [0.3, 0.4) is 0 Å². The lowest BCUT2D eigenvalue weighted by atomic mass is 9.69.